The van der Waals surface area contributed by atoms with E-state index < -0.39 is 0 Å². The van der Waals surface area contributed by atoms with Gasteiger partial charge in [0.1, 0.15) is 0 Å². The highest BCUT2D eigenvalue weighted by Gasteiger charge is 1.97. The van der Waals surface area contributed by atoms with Crippen molar-refractivity contribution < 1.29 is 4.79 Å². The van der Waals surface area contributed by atoms with Crippen LogP contribution in [0.15, 0.2) is 0 Å². The van der Waals surface area contributed by atoms with Crippen LogP contribution in [-0.2, 0) is 0 Å². The predicted octanol–water partition coefficient (Wildman–Crippen LogP) is 1.19. The summed E-state index contributed by atoms with van der Waals surface area (Å²) in [4.78, 5) is 11.1. The lowest BCUT2D eigenvalue weighted by Gasteiger charge is -2.06. The maximum absolute atomic E-state index is 11.1. The van der Waals surface area contributed by atoms with Crippen molar-refractivity contribution in [3.63, 3.8) is 0 Å². The molecule has 0 rings (SSSR count). The molecular formula is C10H22N4O. The molecule has 0 heterocycles. The Morgan fingerprint density at radius 1 is 1.20 bits per heavy atom. The number of amides is 2. The van der Waals surface area contributed by atoms with Crippen molar-refractivity contribution in [2.75, 3.05) is 13.1 Å². The smallest absolute Gasteiger partial charge is 0.314 e. The van der Waals surface area contributed by atoms with Crippen molar-refractivity contribution in [1.29, 1.82) is 5.41 Å². The van der Waals surface area contributed by atoms with E-state index in [0.29, 0.717) is 13.0 Å². The predicted molar refractivity (Wildman–Crippen MR) is 62.1 cm³/mol. The highest BCUT2D eigenvalue weighted by atomic mass is 16.2. The van der Waals surface area contributed by atoms with Gasteiger partial charge in [0.25, 0.3) is 0 Å². The first kappa shape index (κ1) is 13.7. The zero-order valence-electron chi connectivity index (χ0n) is 9.44. The maximum Gasteiger partial charge on any atom is 0.314 e. The van der Waals surface area contributed by atoms with Gasteiger partial charge in [-0.1, -0.05) is 13.3 Å². The average molecular weight is 214 g/mol. The Morgan fingerprint density at radius 2 is 1.80 bits per heavy atom. The van der Waals surface area contributed by atoms with Crippen LogP contribution in [0.3, 0.4) is 0 Å². The molecule has 0 atom stereocenters. The minimum Gasteiger partial charge on any atom is -0.388 e. The highest BCUT2D eigenvalue weighted by molar-refractivity contribution is 5.76. The summed E-state index contributed by atoms with van der Waals surface area (Å²) in [6.07, 6.45) is 4.42. The molecule has 0 aromatic rings. The molecule has 0 fully saturated rings. The largest absolute Gasteiger partial charge is 0.388 e. The fourth-order valence-electron chi connectivity index (χ4n) is 1.08. The quantitative estimate of drug-likeness (QED) is 0.278. The van der Waals surface area contributed by atoms with Crippen molar-refractivity contribution in [2.24, 2.45) is 5.73 Å². The van der Waals surface area contributed by atoms with E-state index in [1.54, 1.807) is 0 Å². The molecule has 0 aliphatic heterocycles. The number of urea groups is 1. The summed E-state index contributed by atoms with van der Waals surface area (Å²) in [6.45, 7) is 3.46. The molecule has 2 amide bonds. The first-order valence-electron chi connectivity index (χ1n) is 5.51. The van der Waals surface area contributed by atoms with Crippen LogP contribution in [0.4, 0.5) is 4.79 Å². The van der Waals surface area contributed by atoms with Gasteiger partial charge >= 0.3 is 6.03 Å². The number of carbonyl (C=O) groups excluding carboxylic acids is 1. The molecule has 5 nitrogen and oxygen atoms in total. The van der Waals surface area contributed by atoms with E-state index in [2.05, 4.69) is 17.6 Å². The first-order chi connectivity index (χ1) is 7.16. The fraction of sp³-hybridized carbons (Fsp3) is 0.800. The van der Waals surface area contributed by atoms with Crippen LogP contribution in [-0.4, -0.2) is 25.0 Å². The first-order valence-corrected chi connectivity index (χ1v) is 5.51. The van der Waals surface area contributed by atoms with Gasteiger partial charge in [0.15, 0.2) is 0 Å². The minimum absolute atomic E-state index is 0.105. The van der Waals surface area contributed by atoms with Gasteiger partial charge in [0.05, 0.1) is 5.84 Å². The number of rotatable bonds is 8. The summed E-state index contributed by atoms with van der Waals surface area (Å²) in [6, 6.07) is -0.105. The van der Waals surface area contributed by atoms with Crippen molar-refractivity contribution in [1.82, 2.24) is 10.6 Å². The molecule has 0 saturated heterocycles. The molecule has 5 heteroatoms. The zero-order valence-corrected chi connectivity index (χ0v) is 9.44. The van der Waals surface area contributed by atoms with Crippen molar-refractivity contribution in [3.05, 3.63) is 0 Å². The molecule has 0 aromatic carbocycles. The summed E-state index contributed by atoms with van der Waals surface area (Å²) in [5.74, 6) is 0.211. The maximum atomic E-state index is 11.1. The lowest BCUT2D eigenvalue weighted by molar-refractivity contribution is 0.240. The number of unbranched alkanes of at least 4 members (excludes halogenated alkanes) is 2. The molecule has 0 aliphatic carbocycles. The van der Waals surface area contributed by atoms with E-state index in [-0.39, 0.29) is 11.9 Å². The second kappa shape index (κ2) is 9.30. The standard InChI is InChI=1S/C10H22N4O/c1-2-3-7-13-10(15)14-8-5-4-6-9(11)12/h2-8H2,1H3,(H3,11,12)(H2,13,14,15). The van der Waals surface area contributed by atoms with Gasteiger partial charge in [-0.2, -0.15) is 0 Å². The fourth-order valence-corrected chi connectivity index (χ4v) is 1.08. The minimum atomic E-state index is -0.105. The summed E-state index contributed by atoms with van der Waals surface area (Å²) in [7, 11) is 0. The summed E-state index contributed by atoms with van der Waals surface area (Å²) < 4.78 is 0. The monoisotopic (exact) mass is 214 g/mol. The molecule has 0 spiro atoms. The van der Waals surface area contributed by atoms with Crippen LogP contribution in [0.1, 0.15) is 39.0 Å². The number of amidine groups is 1. The van der Waals surface area contributed by atoms with Gasteiger partial charge in [0, 0.05) is 19.5 Å². The lowest BCUT2D eigenvalue weighted by atomic mass is 10.2. The van der Waals surface area contributed by atoms with Gasteiger partial charge in [-0.05, 0) is 19.3 Å². The van der Waals surface area contributed by atoms with Crippen LogP contribution in [0, 0.1) is 5.41 Å². The molecule has 0 saturated carbocycles. The number of hydrogen-bond acceptors (Lipinski definition) is 2. The number of nitrogens with two attached hydrogens (primary N) is 1. The summed E-state index contributed by atoms with van der Waals surface area (Å²) in [5.41, 5.74) is 5.20. The Kier molecular flexibility index (Phi) is 8.52. The molecule has 5 N–H and O–H groups in total. The van der Waals surface area contributed by atoms with Gasteiger partial charge in [-0.3, -0.25) is 5.41 Å². The van der Waals surface area contributed by atoms with Crippen molar-refractivity contribution >= 4 is 11.9 Å². The van der Waals surface area contributed by atoms with Crippen molar-refractivity contribution in [3.8, 4) is 0 Å². The lowest BCUT2D eigenvalue weighted by Crippen LogP contribution is -2.36. The van der Waals surface area contributed by atoms with Crippen LogP contribution >= 0.6 is 0 Å². The number of carbonyl (C=O) groups is 1. The van der Waals surface area contributed by atoms with E-state index in [1.807, 2.05) is 0 Å². The Balaban J connectivity index is 3.20. The van der Waals surface area contributed by atoms with E-state index in [4.69, 9.17) is 11.1 Å². The molecule has 0 radical (unpaired) electrons. The molecule has 0 bridgehead atoms. The molecular weight excluding hydrogens is 192 g/mol. The Bertz CT molecular complexity index is 194. The van der Waals surface area contributed by atoms with E-state index in [0.717, 1.165) is 32.2 Å². The molecule has 15 heavy (non-hydrogen) atoms. The summed E-state index contributed by atoms with van der Waals surface area (Å²) >= 11 is 0. The molecule has 88 valence electrons. The van der Waals surface area contributed by atoms with Gasteiger partial charge in [-0.25, -0.2) is 4.79 Å². The zero-order chi connectivity index (χ0) is 11.5. The third kappa shape index (κ3) is 10.7. The third-order valence-electron chi connectivity index (χ3n) is 1.97. The second-order valence-electron chi connectivity index (χ2n) is 3.52. The highest BCUT2D eigenvalue weighted by Crippen LogP contribution is 1.92. The molecule has 0 aromatic heterocycles. The van der Waals surface area contributed by atoms with Crippen molar-refractivity contribution in [2.45, 2.75) is 39.0 Å². The normalized spacial score (nSPS) is 9.67. The van der Waals surface area contributed by atoms with E-state index in [9.17, 15) is 4.79 Å². The Labute approximate surface area is 91.3 Å². The van der Waals surface area contributed by atoms with Crippen LogP contribution in [0.25, 0.3) is 0 Å². The Hall–Kier alpha value is -1.26. The van der Waals surface area contributed by atoms with Crippen LogP contribution < -0.4 is 16.4 Å². The van der Waals surface area contributed by atoms with Crippen LogP contribution in [0.5, 0.6) is 0 Å². The van der Waals surface area contributed by atoms with Gasteiger partial charge in [-0.15, -0.1) is 0 Å². The number of nitrogens with one attached hydrogen (secondary N) is 3. The van der Waals surface area contributed by atoms with Gasteiger partial charge < -0.3 is 16.4 Å². The second-order valence-corrected chi connectivity index (χ2v) is 3.52. The SMILES string of the molecule is CCCCNC(=O)NCCCCC(=N)N. The molecule has 0 unspecified atom stereocenters. The van der Waals surface area contributed by atoms with Gasteiger partial charge in [0.2, 0.25) is 0 Å². The third-order valence-corrected chi connectivity index (χ3v) is 1.97. The van der Waals surface area contributed by atoms with E-state index in [1.165, 1.54) is 0 Å². The van der Waals surface area contributed by atoms with Crippen LogP contribution in [0.2, 0.25) is 0 Å². The number of hydrogen-bond donors (Lipinski definition) is 4. The Morgan fingerprint density at radius 3 is 2.33 bits per heavy atom. The summed E-state index contributed by atoms with van der Waals surface area (Å²) in [5, 5.41) is 12.5. The topological polar surface area (TPSA) is 91.0 Å². The molecule has 0 aliphatic rings. The average Bonchev–Trinajstić information content (AvgIpc) is 2.17. The van der Waals surface area contributed by atoms with E-state index >= 15 is 0 Å².